The van der Waals surface area contributed by atoms with E-state index in [0.717, 1.165) is 0 Å². The number of methoxy groups -OCH3 is 1. The summed E-state index contributed by atoms with van der Waals surface area (Å²) in [6.45, 7) is 0.923. The summed E-state index contributed by atoms with van der Waals surface area (Å²) in [7, 11) is 2.95. The Labute approximate surface area is 266 Å². The fourth-order valence-electron chi connectivity index (χ4n) is 4.96. The SMILES string of the molecule is COC(=O)C1C(COCCN)=NC(=O)N(CCCN(C)C(=O)c2ccc(Oc3ccccc3)cc2)C1c1cc(Cl)cc(Cl)c1. The van der Waals surface area contributed by atoms with Crippen LogP contribution in [0.15, 0.2) is 77.8 Å². The third kappa shape index (κ3) is 8.35. The van der Waals surface area contributed by atoms with E-state index >= 15 is 0 Å². The van der Waals surface area contributed by atoms with Gasteiger partial charge in [0.25, 0.3) is 5.91 Å². The van der Waals surface area contributed by atoms with E-state index in [0.29, 0.717) is 45.6 Å². The highest BCUT2D eigenvalue weighted by molar-refractivity contribution is 6.34. The van der Waals surface area contributed by atoms with Crippen molar-refractivity contribution in [1.29, 1.82) is 0 Å². The van der Waals surface area contributed by atoms with Crippen molar-refractivity contribution >= 4 is 46.8 Å². The number of para-hydroxylation sites is 1. The minimum absolute atomic E-state index is 0.0756. The molecule has 0 aromatic heterocycles. The molecule has 44 heavy (non-hydrogen) atoms. The van der Waals surface area contributed by atoms with Crippen molar-refractivity contribution in [2.75, 3.05) is 47.0 Å². The average Bonchev–Trinajstić information content (AvgIpc) is 3.01. The van der Waals surface area contributed by atoms with Crippen LogP contribution in [0.4, 0.5) is 4.79 Å². The number of amides is 3. The van der Waals surface area contributed by atoms with Crippen LogP contribution in [0.1, 0.15) is 28.4 Å². The minimum Gasteiger partial charge on any atom is -0.468 e. The molecule has 4 rings (SSSR count). The molecule has 2 unspecified atom stereocenters. The maximum absolute atomic E-state index is 13.4. The summed E-state index contributed by atoms with van der Waals surface area (Å²) in [5.74, 6) is -0.446. The van der Waals surface area contributed by atoms with E-state index in [9.17, 15) is 14.4 Å². The molecule has 232 valence electrons. The number of carbonyl (C=O) groups excluding carboxylic acids is 3. The molecule has 0 fully saturated rings. The van der Waals surface area contributed by atoms with Gasteiger partial charge in [-0.25, -0.2) is 4.79 Å². The topological polar surface area (TPSA) is 124 Å². The molecule has 3 aromatic rings. The number of esters is 1. The predicted octanol–water partition coefficient (Wildman–Crippen LogP) is 5.63. The number of urea groups is 1. The minimum atomic E-state index is -0.971. The Bertz CT molecular complexity index is 1470. The fraction of sp³-hybridized carbons (Fsp3) is 0.312. The third-order valence-electron chi connectivity index (χ3n) is 7.01. The zero-order chi connectivity index (χ0) is 31.6. The Balaban J connectivity index is 1.49. The summed E-state index contributed by atoms with van der Waals surface area (Å²) >= 11 is 12.6. The third-order valence-corrected chi connectivity index (χ3v) is 7.44. The lowest BCUT2D eigenvalue weighted by Crippen LogP contribution is -2.49. The molecule has 0 radical (unpaired) electrons. The number of rotatable bonds is 13. The first-order valence-electron chi connectivity index (χ1n) is 14.0. The summed E-state index contributed by atoms with van der Waals surface area (Å²) in [6, 6.07) is 19.7. The van der Waals surface area contributed by atoms with Crippen molar-refractivity contribution in [3.8, 4) is 11.5 Å². The van der Waals surface area contributed by atoms with Crippen LogP contribution in [0.2, 0.25) is 10.0 Å². The van der Waals surface area contributed by atoms with Crippen molar-refractivity contribution in [3.05, 3.63) is 94.0 Å². The predicted molar refractivity (Wildman–Crippen MR) is 169 cm³/mol. The van der Waals surface area contributed by atoms with Gasteiger partial charge >= 0.3 is 12.0 Å². The molecular weight excluding hydrogens is 607 g/mol. The van der Waals surface area contributed by atoms with Crippen LogP contribution < -0.4 is 10.5 Å². The number of nitrogens with zero attached hydrogens (tertiary/aromatic N) is 3. The molecule has 0 saturated carbocycles. The molecule has 2 atom stereocenters. The number of hydrogen-bond acceptors (Lipinski definition) is 7. The number of nitrogens with two attached hydrogens (primary N) is 1. The molecule has 1 heterocycles. The van der Waals surface area contributed by atoms with E-state index in [1.807, 2.05) is 30.3 Å². The first-order valence-corrected chi connectivity index (χ1v) is 14.8. The van der Waals surface area contributed by atoms with Gasteiger partial charge in [0.15, 0.2) is 0 Å². The van der Waals surface area contributed by atoms with Gasteiger partial charge in [0.1, 0.15) is 17.4 Å². The molecule has 0 spiro atoms. The molecule has 1 aliphatic rings. The Morgan fingerprint density at radius 2 is 1.66 bits per heavy atom. The summed E-state index contributed by atoms with van der Waals surface area (Å²) < 4.78 is 16.5. The normalized spacial score (nSPS) is 16.3. The first-order chi connectivity index (χ1) is 21.2. The Kier molecular flexibility index (Phi) is 11.7. The lowest BCUT2D eigenvalue weighted by Gasteiger charge is -2.39. The van der Waals surface area contributed by atoms with Crippen LogP contribution >= 0.6 is 23.2 Å². The summed E-state index contributed by atoms with van der Waals surface area (Å²) in [6.07, 6.45) is 0.399. The van der Waals surface area contributed by atoms with Crippen LogP contribution in [-0.2, 0) is 14.3 Å². The highest BCUT2D eigenvalue weighted by Gasteiger charge is 2.44. The summed E-state index contributed by atoms with van der Waals surface area (Å²) in [4.78, 5) is 46.9. The summed E-state index contributed by atoms with van der Waals surface area (Å²) in [5.41, 5.74) is 6.80. The van der Waals surface area contributed by atoms with Gasteiger partial charge in [0.2, 0.25) is 0 Å². The molecule has 2 N–H and O–H groups in total. The van der Waals surface area contributed by atoms with Gasteiger partial charge < -0.3 is 29.7 Å². The highest BCUT2D eigenvalue weighted by atomic mass is 35.5. The lowest BCUT2D eigenvalue weighted by molar-refractivity contribution is -0.145. The molecule has 0 bridgehead atoms. The van der Waals surface area contributed by atoms with E-state index in [1.54, 1.807) is 54.4 Å². The number of benzene rings is 3. The van der Waals surface area contributed by atoms with Gasteiger partial charge in [0, 0.05) is 42.3 Å². The van der Waals surface area contributed by atoms with Crippen LogP contribution in [0.5, 0.6) is 11.5 Å². The van der Waals surface area contributed by atoms with E-state index in [2.05, 4.69) is 4.99 Å². The van der Waals surface area contributed by atoms with Gasteiger partial charge in [-0.3, -0.25) is 9.59 Å². The molecule has 12 heteroatoms. The highest BCUT2D eigenvalue weighted by Crippen LogP contribution is 2.37. The van der Waals surface area contributed by atoms with E-state index in [4.69, 9.17) is 43.1 Å². The second-order valence-corrected chi connectivity index (χ2v) is 11.0. The van der Waals surface area contributed by atoms with E-state index in [1.165, 1.54) is 12.0 Å². The number of aliphatic imine (C=N–C) groups is 1. The smallest absolute Gasteiger partial charge is 0.344 e. The molecule has 3 amide bonds. The second kappa shape index (κ2) is 15.7. The molecule has 3 aromatic carbocycles. The summed E-state index contributed by atoms with van der Waals surface area (Å²) in [5, 5.41) is 0.690. The number of halogens is 2. The average molecular weight is 642 g/mol. The standard InChI is InChI=1S/C32H34Cl2N4O6/c1-37(30(39)21-9-11-26(12-10-21)44-25-7-4-3-5-8-25)14-6-15-38-29(22-17-23(33)19-24(34)18-22)28(31(40)42-2)27(36-32(38)41)20-43-16-13-35/h3-5,7-12,17-19,28-29H,6,13-16,20,35H2,1-2H3. The Morgan fingerprint density at radius 3 is 2.30 bits per heavy atom. The van der Waals surface area contributed by atoms with Crippen LogP contribution in [0.3, 0.4) is 0 Å². The number of ether oxygens (including phenoxy) is 3. The second-order valence-electron chi connectivity index (χ2n) is 10.1. The van der Waals surface area contributed by atoms with Gasteiger partial charge in [-0.2, -0.15) is 4.99 Å². The largest absolute Gasteiger partial charge is 0.468 e. The quantitative estimate of drug-likeness (QED) is 0.190. The van der Waals surface area contributed by atoms with Crippen LogP contribution in [0.25, 0.3) is 0 Å². The van der Waals surface area contributed by atoms with Crippen molar-refractivity contribution in [1.82, 2.24) is 9.80 Å². The maximum Gasteiger partial charge on any atom is 0.344 e. The first kappa shape index (κ1) is 32.9. The lowest BCUT2D eigenvalue weighted by atomic mass is 9.86. The zero-order valence-electron chi connectivity index (χ0n) is 24.4. The van der Waals surface area contributed by atoms with Crippen LogP contribution in [0, 0.1) is 5.92 Å². The molecular formula is C32H34Cl2N4O6. The number of hydrogen-bond donors (Lipinski definition) is 1. The van der Waals surface area contributed by atoms with Crippen molar-refractivity contribution < 1.29 is 28.6 Å². The number of carbonyl (C=O) groups is 3. The Hall–Kier alpha value is -3.96. The fourth-order valence-corrected chi connectivity index (χ4v) is 5.50. The van der Waals surface area contributed by atoms with Gasteiger partial charge in [-0.1, -0.05) is 41.4 Å². The van der Waals surface area contributed by atoms with Gasteiger partial charge in [0.05, 0.1) is 32.1 Å². The Morgan fingerprint density at radius 1 is 1.00 bits per heavy atom. The molecule has 0 saturated heterocycles. The van der Waals surface area contributed by atoms with Crippen molar-refractivity contribution in [2.24, 2.45) is 16.6 Å². The molecule has 1 aliphatic heterocycles. The van der Waals surface area contributed by atoms with E-state index in [-0.39, 0.29) is 37.9 Å². The van der Waals surface area contributed by atoms with Gasteiger partial charge in [-0.15, -0.1) is 0 Å². The maximum atomic E-state index is 13.4. The van der Waals surface area contributed by atoms with Crippen LogP contribution in [-0.4, -0.2) is 80.4 Å². The van der Waals surface area contributed by atoms with E-state index < -0.39 is 24.0 Å². The molecule has 10 nitrogen and oxygen atoms in total. The van der Waals surface area contributed by atoms with Crippen molar-refractivity contribution in [3.63, 3.8) is 0 Å². The molecule has 0 aliphatic carbocycles. The zero-order valence-corrected chi connectivity index (χ0v) is 26.0. The monoisotopic (exact) mass is 640 g/mol. The van der Waals surface area contributed by atoms with Gasteiger partial charge in [-0.05, 0) is 66.6 Å². The van der Waals surface area contributed by atoms with Crippen molar-refractivity contribution in [2.45, 2.75) is 12.5 Å².